The van der Waals surface area contributed by atoms with E-state index in [0.717, 1.165) is 25.5 Å². The van der Waals surface area contributed by atoms with Crippen molar-refractivity contribution in [1.29, 1.82) is 0 Å². The highest BCUT2D eigenvalue weighted by atomic mass is 16.4. The van der Waals surface area contributed by atoms with Crippen molar-refractivity contribution in [2.24, 2.45) is 5.92 Å². The normalized spacial score (nSPS) is 15.3. The SMILES string of the molecule is CN(Cc1ccccc1)c1nccc(N2CCC(C(=O)O)CC2)n1. The van der Waals surface area contributed by atoms with Crippen molar-refractivity contribution < 1.29 is 9.90 Å². The zero-order valence-corrected chi connectivity index (χ0v) is 13.8. The van der Waals surface area contributed by atoms with E-state index < -0.39 is 5.97 Å². The molecule has 0 aliphatic carbocycles. The fourth-order valence-corrected chi connectivity index (χ4v) is 2.98. The zero-order valence-electron chi connectivity index (χ0n) is 13.8. The van der Waals surface area contributed by atoms with Gasteiger partial charge >= 0.3 is 5.97 Å². The Hall–Kier alpha value is -2.63. The summed E-state index contributed by atoms with van der Waals surface area (Å²) in [6.45, 7) is 2.18. The first-order valence-electron chi connectivity index (χ1n) is 8.19. The predicted molar refractivity (Wildman–Crippen MR) is 93.2 cm³/mol. The summed E-state index contributed by atoms with van der Waals surface area (Å²) < 4.78 is 0. The van der Waals surface area contributed by atoms with Crippen LogP contribution in [-0.2, 0) is 11.3 Å². The highest BCUT2D eigenvalue weighted by Gasteiger charge is 2.25. The van der Waals surface area contributed by atoms with E-state index in [0.29, 0.717) is 18.8 Å². The second-order valence-corrected chi connectivity index (χ2v) is 6.16. The molecular formula is C18H22N4O2. The molecule has 0 unspecified atom stereocenters. The fraction of sp³-hybridized carbons (Fsp3) is 0.389. The number of piperidine rings is 1. The highest BCUT2D eigenvalue weighted by Crippen LogP contribution is 2.23. The molecule has 1 aromatic carbocycles. The standard InChI is InChI=1S/C18H22N4O2/c1-21(13-14-5-3-2-4-6-14)18-19-10-7-16(20-18)22-11-8-15(9-12-22)17(23)24/h2-7,10,15H,8-9,11-13H2,1H3,(H,23,24). The molecule has 0 amide bonds. The largest absolute Gasteiger partial charge is 0.481 e. The lowest BCUT2D eigenvalue weighted by Gasteiger charge is -2.31. The average molecular weight is 326 g/mol. The number of nitrogens with zero attached hydrogens (tertiary/aromatic N) is 4. The van der Waals surface area contributed by atoms with Crippen LogP contribution in [0.15, 0.2) is 42.6 Å². The first-order valence-corrected chi connectivity index (χ1v) is 8.19. The van der Waals surface area contributed by atoms with Gasteiger partial charge in [-0.2, -0.15) is 4.98 Å². The Balaban J connectivity index is 1.67. The fourth-order valence-electron chi connectivity index (χ4n) is 2.98. The van der Waals surface area contributed by atoms with Crippen molar-refractivity contribution in [3.63, 3.8) is 0 Å². The summed E-state index contributed by atoms with van der Waals surface area (Å²) in [5.74, 6) is 0.615. The van der Waals surface area contributed by atoms with Crippen LogP contribution in [0.3, 0.4) is 0 Å². The van der Waals surface area contributed by atoms with Crippen LogP contribution in [0.2, 0.25) is 0 Å². The molecule has 126 valence electrons. The van der Waals surface area contributed by atoms with Crippen molar-refractivity contribution in [3.05, 3.63) is 48.2 Å². The lowest BCUT2D eigenvalue weighted by Crippen LogP contribution is -2.37. The maximum atomic E-state index is 11.1. The third kappa shape index (κ3) is 3.82. The van der Waals surface area contributed by atoms with Gasteiger partial charge in [0.15, 0.2) is 0 Å². The van der Waals surface area contributed by atoms with Gasteiger partial charge in [0.1, 0.15) is 5.82 Å². The van der Waals surface area contributed by atoms with E-state index in [1.807, 2.05) is 36.2 Å². The molecule has 0 saturated carbocycles. The van der Waals surface area contributed by atoms with Gasteiger partial charge in [0.25, 0.3) is 0 Å². The topological polar surface area (TPSA) is 69.6 Å². The monoisotopic (exact) mass is 326 g/mol. The second-order valence-electron chi connectivity index (χ2n) is 6.16. The number of anilines is 2. The summed E-state index contributed by atoms with van der Waals surface area (Å²) >= 11 is 0. The molecule has 3 rings (SSSR count). The van der Waals surface area contributed by atoms with Gasteiger partial charge in [-0.3, -0.25) is 4.79 Å². The van der Waals surface area contributed by atoms with Gasteiger partial charge in [0.2, 0.25) is 5.95 Å². The van der Waals surface area contributed by atoms with Crippen LogP contribution in [0.1, 0.15) is 18.4 Å². The maximum absolute atomic E-state index is 11.1. The van der Waals surface area contributed by atoms with Gasteiger partial charge in [0, 0.05) is 32.9 Å². The first kappa shape index (κ1) is 16.2. The number of carboxylic acid groups (broad SMARTS) is 1. The van der Waals surface area contributed by atoms with Crippen LogP contribution in [0.4, 0.5) is 11.8 Å². The number of carboxylic acids is 1. The van der Waals surface area contributed by atoms with E-state index in [-0.39, 0.29) is 5.92 Å². The Kier molecular flexibility index (Phi) is 4.93. The Morgan fingerprint density at radius 3 is 2.62 bits per heavy atom. The molecule has 0 atom stereocenters. The Morgan fingerprint density at radius 1 is 1.25 bits per heavy atom. The van der Waals surface area contributed by atoms with Gasteiger partial charge in [-0.15, -0.1) is 0 Å². The van der Waals surface area contributed by atoms with Crippen LogP contribution in [0.25, 0.3) is 0 Å². The number of aliphatic carboxylic acids is 1. The number of hydrogen-bond acceptors (Lipinski definition) is 5. The lowest BCUT2D eigenvalue weighted by molar-refractivity contribution is -0.142. The summed E-state index contributed by atoms with van der Waals surface area (Å²) in [7, 11) is 1.97. The number of rotatable bonds is 5. The molecule has 6 nitrogen and oxygen atoms in total. The number of benzene rings is 1. The molecule has 1 N–H and O–H groups in total. The average Bonchev–Trinajstić information content (AvgIpc) is 2.63. The van der Waals surface area contributed by atoms with E-state index in [1.165, 1.54) is 5.56 Å². The summed E-state index contributed by atoms with van der Waals surface area (Å²) in [6, 6.07) is 12.1. The molecule has 1 saturated heterocycles. The molecule has 2 aromatic rings. The van der Waals surface area contributed by atoms with E-state index in [2.05, 4.69) is 27.0 Å². The predicted octanol–water partition coefficient (Wildman–Crippen LogP) is 2.41. The first-order chi connectivity index (χ1) is 11.6. The molecule has 2 heterocycles. The third-order valence-corrected chi connectivity index (χ3v) is 4.40. The quantitative estimate of drug-likeness (QED) is 0.910. The van der Waals surface area contributed by atoms with E-state index in [9.17, 15) is 4.79 Å². The second kappa shape index (κ2) is 7.29. The number of hydrogen-bond donors (Lipinski definition) is 1. The molecule has 24 heavy (non-hydrogen) atoms. The molecule has 0 radical (unpaired) electrons. The van der Waals surface area contributed by atoms with Crippen LogP contribution in [-0.4, -0.2) is 41.2 Å². The zero-order chi connectivity index (χ0) is 16.9. The summed E-state index contributed by atoms with van der Waals surface area (Å²) in [4.78, 5) is 24.2. The van der Waals surface area contributed by atoms with Crippen molar-refractivity contribution in [3.8, 4) is 0 Å². The van der Waals surface area contributed by atoms with Gasteiger partial charge in [-0.25, -0.2) is 4.98 Å². The Labute approximate surface area is 141 Å². The van der Waals surface area contributed by atoms with Gasteiger partial charge in [-0.1, -0.05) is 30.3 Å². The number of carbonyl (C=O) groups is 1. The third-order valence-electron chi connectivity index (χ3n) is 4.40. The minimum Gasteiger partial charge on any atom is -0.481 e. The molecule has 0 spiro atoms. The van der Waals surface area contributed by atoms with Gasteiger partial charge < -0.3 is 14.9 Å². The molecule has 1 fully saturated rings. The summed E-state index contributed by atoms with van der Waals surface area (Å²) in [5, 5.41) is 9.10. The molecule has 1 aliphatic rings. The van der Waals surface area contributed by atoms with E-state index in [1.54, 1.807) is 6.20 Å². The van der Waals surface area contributed by atoms with Crippen LogP contribution in [0, 0.1) is 5.92 Å². The molecule has 1 aliphatic heterocycles. The minimum absolute atomic E-state index is 0.233. The smallest absolute Gasteiger partial charge is 0.306 e. The van der Waals surface area contributed by atoms with Gasteiger partial charge in [-0.05, 0) is 24.5 Å². The summed E-state index contributed by atoms with van der Waals surface area (Å²) in [6.07, 6.45) is 3.09. The van der Waals surface area contributed by atoms with Crippen LogP contribution < -0.4 is 9.80 Å². The molecule has 1 aromatic heterocycles. The summed E-state index contributed by atoms with van der Waals surface area (Å²) in [5.41, 5.74) is 1.20. The van der Waals surface area contributed by atoms with Gasteiger partial charge in [0.05, 0.1) is 5.92 Å². The molecule has 0 bridgehead atoms. The maximum Gasteiger partial charge on any atom is 0.306 e. The van der Waals surface area contributed by atoms with Crippen molar-refractivity contribution in [2.45, 2.75) is 19.4 Å². The Bertz CT molecular complexity index is 684. The van der Waals surface area contributed by atoms with E-state index >= 15 is 0 Å². The minimum atomic E-state index is -0.694. The Morgan fingerprint density at radius 2 is 1.96 bits per heavy atom. The highest BCUT2D eigenvalue weighted by molar-refractivity contribution is 5.70. The van der Waals surface area contributed by atoms with Crippen molar-refractivity contribution in [1.82, 2.24) is 9.97 Å². The van der Waals surface area contributed by atoms with Crippen molar-refractivity contribution >= 4 is 17.7 Å². The molecule has 6 heteroatoms. The van der Waals surface area contributed by atoms with E-state index in [4.69, 9.17) is 5.11 Å². The number of aromatic nitrogens is 2. The molecular weight excluding hydrogens is 304 g/mol. The van der Waals surface area contributed by atoms with Crippen molar-refractivity contribution in [2.75, 3.05) is 29.9 Å². The van der Waals surface area contributed by atoms with Crippen LogP contribution in [0.5, 0.6) is 0 Å². The lowest BCUT2D eigenvalue weighted by atomic mass is 9.97. The van der Waals surface area contributed by atoms with Crippen LogP contribution >= 0.6 is 0 Å².